The quantitative estimate of drug-likeness (QED) is 0.393. The minimum absolute atomic E-state index is 0.109. The number of thiophene rings is 1. The Morgan fingerprint density at radius 2 is 1.58 bits per heavy atom. The SMILES string of the molecule is Cc1ccc(CN(Cc2ccccc2)C(=O)CN(C(C)(C)C)S(=O)(=O)c2ccc(Cl)cc2)s1. The molecule has 0 fully saturated rings. The number of amides is 1. The van der Waals surface area contributed by atoms with E-state index in [4.69, 9.17) is 11.6 Å². The Hall–Kier alpha value is -2.19. The monoisotopic (exact) mass is 504 g/mol. The van der Waals surface area contributed by atoms with E-state index < -0.39 is 15.6 Å². The van der Waals surface area contributed by atoms with Gasteiger partial charge in [0.1, 0.15) is 0 Å². The molecular formula is C25H29ClN2O3S2. The topological polar surface area (TPSA) is 57.7 Å². The van der Waals surface area contributed by atoms with Crippen molar-refractivity contribution in [1.82, 2.24) is 9.21 Å². The Balaban J connectivity index is 1.91. The molecule has 1 aromatic heterocycles. The smallest absolute Gasteiger partial charge is 0.244 e. The number of carbonyl (C=O) groups is 1. The molecule has 0 atom stereocenters. The first-order chi connectivity index (χ1) is 15.5. The first-order valence-corrected chi connectivity index (χ1v) is 13.3. The lowest BCUT2D eigenvalue weighted by atomic mass is 10.1. The van der Waals surface area contributed by atoms with Gasteiger partial charge in [-0.05, 0) is 69.7 Å². The second kappa shape index (κ2) is 10.4. The van der Waals surface area contributed by atoms with Gasteiger partial charge >= 0.3 is 0 Å². The zero-order valence-corrected chi connectivity index (χ0v) is 21.7. The molecular weight excluding hydrogens is 476 g/mol. The van der Waals surface area contributed by atoms with Crippen LogP contribution in [0.25, 0.3) is 0 Å². The lowest BCUT2D eigenvalue weighted by molar-refractivity contribution is -0.133. The number of sulfonamides is 1. The average molecular weight is 505 g/mol. The van der Waals surface area contributed by atoms with Crippen molar-refractivity contribution >= 4 is 38.9 Å². The molecule has 8 heteroatoms. The predicted molar refractivity (Wildman–Crippen MR) is 135 cm³/mol. The molecule has 0 spiro atoms. The molecule has 5 nitrogen and oxygen atoms in total. The van der Waals surface area contributed by atoms with Crippen molar-refractivity contribution in [3.8, 4) is 0 Å². The Kier molecular flexibility index (Phi) is 8.00. The fourth-order valence-electron chi connectivity index (χ4n) is 3.43. The lowest BCUT2D eigenvalue weighted by Crippen LogP contribution is -2.50. The van der Waals surface area contributed by atoms with Crippen LogP contribution in [-0.2, 0) is 27.9 Å². The number of aryl methyl sites for hydroxylation is 1. The van der Waals surface area contributed by atoms with E-state index in [1.165, 1.54) is 33.4 Å². The van der Waals surface area contributed by atoms with Crippen LogP contribution >= 0.6 is 22.9 Å². The fraction of sp³-hybridized carbons (Fsp3) is 0.320. The van der Waals surface area contributed by atoms with Gasteiger partial charge in [-0.3, -0.25) is 4.79 Å². The van der Waals surface area contributed by atoms with E-state index in [1.54, 1.807) is 37.0 Å². The van der Waals surface area contributed by atoms with Gasteiger partial charge in [-0.2, -0.15) is 4.31 Å². The molecule has 1 heterocycles. The standard InChI is InChI=1S/C25H29ClN2O3S2/c1-19-10-13-22(32-19)17-27(16-20-8-6-5-7-9-20)24(29)18-28(25(2,3)4)33(30,31)23-14-11-21(26)12-15-23/h5-15H,16-18H2,1-4H3. The molecule has 2 aromatic carbocycles. The van der Waals surface area contributed by atoms with E-state index in [1.807, 2.05) is 49.4 Å². The molecule has 0 aliphatic rings. The second-order valence-electron chi connectivity index (χ2n) is 8.88. The summed E-state index contributed by atoms with van der Waals surface area (Å²) in [5.41, 5.74) is 0.188. The van der Waals surface area contributed by atoms with Crippen LogP contribution < -0.4 is 0 Å². The largest absolute Gasteiger partial charge is 0.332 e. The van der Waals surface area contributed by atoms with Gasteiger partial charge in [-0.15, -0.1) is 11.3 Å². The van der Waals surface area contributed by atoms with Crippen molar-refractivity contribution < 1.29 is 13.2 Å². The molecule has 0 radical (unpaired) electrons. The highest BCUT2D eigenvalue weighted by Crippen LogP contribution is 2.26. The van der Waals surface area contributed by atoms with Crippen LogP contribution in [0.5, 0.6) is 0 Å². The average Bonchev–Trinajstić information content (AvgIpc) is 3.16. The van der Waals surface area contributed by atoms with Gasteiger partial charge in [0.2, 0.25) is 15.9 Å². The normalized spacial score (nSPS) is 12.2. The van der Waals surface area contributed by atoms with Crippen LogP contribution in [0.15, 0.2) is 71.6 Å². The summed E-state index contributed by atoms with van der Waals surface area (Å²) in [7, 11) is -3.92. The minimum atomic E-state index is -3.92. The highest BCUT2D eigenvalue weighted by Gasteiger charge is 2.36. The highest BCUT2D eigenvalue weighted by molar-refractivity contribution is 7.89. The van der Waals surface area contributed by atoms with Crippen LogP contribution in [-0.4, -0.2) is 35.6 Å². The number of nitrogens with zero attached hydrogens (tertiary/aromatic N) is 2. The third kappa shape index (κ3) is 6.67. The van der Waals surface area contributed by atoms with Gasteiger partial charge in [0.15, 0.2) is 0 Å². The first-order valence-electron chi connectivity index (χ1n) is 10.6. The predicted octanol–water partition coefficient (Wildman–Crippen LogP) is 5.73. The van der Waals surface area contributed by atoms with E-state index in [0.717, 1.165) is 10.4 Å². The zero-order valence-electron chi connectivity index (χ0n) is 19.3. The third-order valence-electron chi connectivity index (χ3n) is 5.14. The maximum Gasteiger partial charge on any atom is 0.244 e. The molecule has 0 unspecified atom stereocenters. The number of carbonyl (C=O) groups excluding carboxylic acids is 1. The summed E-state index contributed by atoms with van der Waals surface area (Å²) in [4.78, 5) is 17.6. The van der Waals surface area contributed by atoms with Crippen LogP contribution in [0, 0.1) is 6.92 Å². The Bertz CT molecular complexity index is 1180. The maximum absolute atomic E-state index is 13.6. The van der Waals surface area contributed by atoms with E-state index >= 15 is 0 Å². The molecule has 3 aromatic rings. The third-order valence-corrected chi connectivity index (χ3v) is 8.50. The second-order valence-corrected chi connectivity index (χ2v) is 12.6. The van der Waals surface area contributed by atoms with Gasteiger partial charge in [0, 0.05) is 26.9 Å². The molecule has 176 valence electrons. The molecule has 0 bridgehead atoms. The Morgan fingerprint density at radius 3 is 2.12 bits per heavy atom. The molecule has 1 amide bonds. The van der Waals surface area contributed by atoms with Crippen LogP contribution in [0.2, 0.25) is 5.02 Å². The summed E-state index contributed by atoms with van der Waals surface area (Å²) in [6.07, 6.45) is 0. The Labute approximate surface area is 205 Å². The van der Waals surface area contributed by atoms with Crippen molar-refractivity contribution in [3.05, 3.63) is 87.1 Å². The van der Waals surface area contributed by atoms with Crippen molar-refractivity contribution in [3.63, 3.8) is 0 Å². The number of hydrogen-bond donors (Lipinski definition) is 0. The maximum atomic E-state index is 13.6. The van der Waals surface area contributed by atoms with E-state index in [-0.39, 0.29) is 17.3 Å². The molecule has 0 aliphatic heterocycles. The molecule has 0 saturated carbocycles. The minimum Gasteiger partial charge on any atom is -0.332 e. The number of hydrogen-bond acceptors (Lipinski definition) is 4. The van der Waals surface area contributed by atoms with Gasteiger partial charge in [-0.25, -0.2) is 8.42 Å². The number of rotatable bonds is 8. The van der Waals surface area contributed by atoms with Crippen molar-refractivity contribution in [1.29, 1.82) is 0 Å². The van der Waals surface area contributed by atoms with Crippen molar-refractivity contribution in [2.24, 2.45) is 0 Å². The van der Waals surface area contributed by atoms with Crippen molar-refractivity contribution in [2.75, 3.05) is 6.54 Å². The van der Waals surface area contributed by atoms with E-state index in [2.05, 4.69) is 0 Å². The Morgan fingerprint density at radius 1 is 0.939 bits per heavy atom. The number of halogens is 1. The summed E-state index contributed by atoms with van der Waals surface area (Å²) >= 11 is 7.58. The summed E-state index contributed by atoms with van der Waals surface area (Å²) < 4.78 is 28.2. The van der Waals surface area contributed by atoms with Crippen LogP contribution in [0.1, 0.15) is 36.1 Å². The van der Waals surface area contributed by atoms with Gasteiger partial charge in [0.25, 0.3) is 0 Å². The van der Waals surface area contributed by atoms with Gasteiger partial charge in [-0.1, -0.05) is 41.9 Å². The number of benzene rings is 2. The summed E-state index contributed by atoms with van der Waals surface area (Å²) in [6, 6.07) is 19.8. The lowest BCUT2D eigenvalue weighted by Gasteiger charge is -2.35. The van der Waals surface area contributed by atoms with Crippen LogP contribution in [0.4, 0.5) is 0 Å². The first kappa shape index (κ1) is 25.4. The summed E-state index contributed by atoms with van der Waals surface area (Å²) in [5, 5.41) is 0.451. The molecule has 33 heavy (non-hydrogen) atoms. The van der Waals surface area contributed by atoms with E-state index in [0.29, 0.717) is 18.1 Å². The van der Waals surface area contributed by atoms with Crippen LogP contribution in [0.3, 0.4) is 0 Å². The fourth-order valence-corrected chi connectivity index (χ4v) is 6.20. The molecule has 0 N–H and O–H groups in total. The summed E-state index contributed by atoms with van der Waals surface area (Å²) in [5.74, 6) is -0.252. The molecule has 0 aliphatic carbocycles. The van der Waals surface area contributed by atoms with Crippen molar-refractivity contribution in [2.45, 2.75) is 51.2 Å². The molecule has 0 saturated heterocycles. The highest BCUT2D eigenvalue weighted by atomic mass is 35.5. The zero-order chi connectivity index (χ0) is 24.2. The molecule has 3 rings (SSSR count). The summed E-state index contributed by atoms with van der Waals surface area (Å²) in [6.45, 7) is 7.96. The van der Waals surface area contributed by atoms with E-state index in [9.17, 15) is 13.2 Å². The van der Waals surface area contributed by atoms with Gasteiger partial charge < -0.3 is 4.90 Å². The van der Waals surface area contributed by atoms with Gasteiger partial charge in [0.05, 0.1) is 18.0 Å².